The molecule has 0 unspecified atom stereocenters. The molecule has 9 heteroatoms. The zero-order chi connectivity index (χ0) is 24.9. The molecule has 2 N–H and O–H groups in total. The summed E-state index contributed by atoms with van der Waals surface area (Å²) < 4.78 is 24.9. The zero-order valence-corrected chi connectivity index (χ0v) is 19.7. The van der Waals surface area contributed by atoms with Crippen LogP contribution in [-0.4, -0.2) is 23.6 Å². The summed E-state index contributed by atoms with van der Waals surface area (Å²) in [5.41, 5.74) is 1.51. The largest absolute Gasteiger partial charge is 0.494 e. The van der Waals surface area contributed by atoms with Gasteiger partial charge in [0.1, 0.15) is 28.6 Å². The second kappa shape index (κ2) is 10.4. The standard InChI is InChI=1S/C26H21ClFN3O4/c1-3-34-19-13-11-18(12-14-19)29-25(32)16-7-9-17(10-8-16)30-26(33)22-15(2)35-31-24(22)23-20(27)5-4-6-21(23)28/h4-14H,3H2,1-2H3,(H,29,32)(H,30,33). The molecule has 178 valence electrons. The van der Waals surface area contributed by atoms with Crippen LogP contribution in [0.4, 0.5) is 15.8 Å². The van der Waals surface area contributed by atoms with Gasteiger partial charge in [-0.2, -0.15) is 0 Å². The van der Waals surface area contributed by atoms with E-state index in [0.717, 1.165) is 0 Å². The Morgan fingerprint density at radius 3 is 2.23 bits per heavy atom. The predicted molar refractivity (Wildman–Crippen MR) is 132 cm³/mol. The Morgan fingerprint density at radius 2 is 1.60 bits per heavy atom. The summed E-state index contributed by atoms with van der Waals surface area (Å²) in [5.74, 6) is -0.553. The van der Waals surface area contributed by atoms with Crippen LogP contribution in [0, 0.1) is 12.7 Å². The lowest BCUT2D eigenvalue weighted by Gasteiger charge is -2.09. The smallest absolute Gasteiger partial charge is 0.261 e. The van der Waals surface area contributed by atoms with E-state index < -0.39 is 11.7 Å². The highest BCUT2D eigenvalue weighted by Gasteiger charge is 2.25. The number of aryl methyl sites for hydroxylation is 1. The average molecular weight is 494 g/mol. The van der Waals surface area contributed by atoms with Crippen LogP contribution in [-0.2, 0) is 0 Å². The Morgan fingerprint density at radius 1 is 0.971 bits per heavy atom. The van der Waals surface area contributed by atoms with Gasteiger partial charge in [0.05, 0.1) is 17.2 Å². The van der Waals surface area contributed by atoms with Crippen LogP contribution in [0.3, 0.4) is 0 Å². The summed E-state index contributed by atoms with van der Waals surface area (Å²) >= 11 is 6.14. The van der Waals surface area contributed by atoms with E-state index in [1.165, 1.54) is 18.2 Å². The van der Waals surface area contributed by atoms with Crippen molar-refractivity contribution >= 4 is 34.8 Å². The van der Waals surface area contributed by atoms with Crippen molar-refractivity contribution < 1.29 is 23.2 Å². The van der Waals surface area contributed by atoms with Gasteiger partial charge in [-0.15, -0.1) is 0 Å². The molecule has 0 atom stereocenters. The third-order valence-electron chi connectivity index (χ3n) is 5.12. The lowest BCUT2D eigenvalue weighted by atomic mass is 10.0. The molecule has 0 saturated heterocycles. The second-order valence-corrected chi connectivity index (χ2v) is 7.91. The van der Waals surface area contributed by atoms with Gasteiger partial charge in [-0.3, -0.25) is 9.59 Å². The summed E-state index contributed by atoms with van der Waals surface area (Å²) in [6.45, 7) is 4.00. The molecule has 0 saturated carbocycles. The second-order valence-electron chi connectivity index (χ2n) is 7.50. The van der Waals surface area contributed by atoms with Gasteiger partial charge in [-0.1, -0.05) is 22.8 Å². The quantitative estimate of drug-likeness (QED) is 0.313. The highest BCUT2D eigenvalue weighted by atomic mass is 35.5. The Bertz CT molecular complexity index is 1350. The highest BCUT2D eigenvalue weighted by molar-refractivity contribution is 6.33. The summed E-state index contributed by atoms with van der Waals surface area (Å²) in [6.07, 6.45) is 0. The first-order valence-electron chi connectivity index (χ1n) is 10.7. The molecule has 7 nitrogen and oxygen atoms in total. The summed E-state index contributed by atoms with van der Waals surface area (Å²) in [4.78, 5) is 25.5. The maximum Gasteiger partial charge on any atom is 0.261 e. The Hall–Kier alpha value is -4.17. The molecular weight excluding hydrogens is 473 g/mol. The van der Waals surface area contributed by atoms with Crippen molar-refractivity contribution in [3.05, 3.63) is 94.5 Å². The van der Waals surface area contributed by atoms with Gasteiger partial charge in [0.25, 0.3) is 11.8 Å². The normalized spacial score (nSPS) is 10.6. The van der Waals surface area contributed by atoms with Crippen LogP contribution >= 0.6 is 11.6 Å². The van der Waals surface area contributed by atoms with Crippen molar-refractivity contribution in [2.45, 2.75) is 13.8 Å². The minimum atomic E-state index is -0.622. The molecule has 3 aromatic carbocycles. The number of benzene rings is 3. The van der Waals surface area contributed by atoms with Crippen LogP contribution in [0.15, 0.2) is 71.3 Å². The van der Waals surface area contributed by atoms with E-state index in [-0.39, 0.29) is 33.5 Å². The van der Waals surface area contributed by atoms with Gasteiger partial charge >= 0.3 is 0 Å². The Kier molecular flexibility index (Phi) is 7.12. The number of hydrogen-bond donors (Lipinski definition) is 2. The van der Waals surface area contributed by atoms with Crippen molar-refractivity contribution in [2.24, 2.45) is 0 Å². The van der Waals surface area contributed by atoms with E-state index in [1.54, 1.807) is 55.5 Å². The van der Waals surface area contributed by atoms with Crippen molar-refractivity contribution in [3.63, 3.8) is 0 Å². The van der Waals surface area contributed by atoms with Crippen LogP contribution in [0.5, 0.6) is 5.75 Å². The van der Waals surface area contributed by atoms with Gasteiger partial charge in [-0.25, -0.2) is 4.39 Å². The molecule has 0 aliphatic carbocycles. The third-order valence-corrected chi connectivity index (χ3v) is 5.43. The molecule has 4 aromatic rings. The first-order valence-corrected chi connectivity index (χ1v) is 11.1. The molecule has 0 bridgehead atoms. The minimum absolute atomic E-state index is 0.00875. The molecule has 0 aliphatic rings. The van der Waals surface area contributed by atoms with Gasteiger partial charge < -0.3 is 19.9 Å². The number of ether oxygens (including phenoxy) is 1. The van der Waals surface area contributed by atoms with Gasteiger partial charge in [0, 0.05) is 16.9 Å². The number of nitrogens with one attached hydrogen (secondary N) is 2. The number of carbonyl (C=O) groups is 2. The molecular formula is C26H21ClFN3O4. The van der Waals surface area contributed by atoms with Crippen LogP contribution in [0.2, 0.25) is 5.02 Å². The van der Waals surface area contributed by atoms with Crippen LogP contribution in [0.25, 0.3) is 11.3 Å². The first-order chi connectivity index (χ1) is 16.9. The number of halogens is 2. The van der Waals surface area contributed by atoms with Crippen molar-refractivity contribution in [1.29, 1.82) is 0 Å². The maximum atomic E-state index is 14.4. The van der Waals surface area contributed by atoms with E-state index in [1.807, 2.05) is 6.92 Å². The van der Waals surface area contributed by atoms with Crippen LogP contribution in [0.1, 0.15) is 33.4 Å². The average Bonchev–Trinajstić information content (AvgIpc) is 3.22. The number of hydrogen-bond acceptors (Lipinski definition) is 5. The van der Waals surface area contributed by atoms with Gasteiger partial charge in [0.2, 0.25) is 0 Å². The fraction of sp³-hybridized carbons (Fsp3) is 0.115. The summed E-state index contributed by atoms with van der Waals surface area (Å²) in [6, 6.07) is 17.6. The van der Waals surface area contributed by atoms with Crippen molar-refractivity contribution in [1.82, 2.24) is 5.16 Å². The molecule has 0 radical (unpaired) electrons. The minimum Gasteiger partial charge on any atom is -0.494 e. The number of amides is 2. The molecule has 1 aromatic heterocycles. The van der Waals surface area contributed by atoms with Crippen LogP contribution < -0.4 is 15.4 Å². The SMILES string of the molecule is CCOc1ccc(NC(=O)c2ccc(NC(=O)c3c(-c4c(F)cccc4Cl)noc3C)cc2)cc1. The third kappa shape index (κ3) is 5.33. The lowest BCUT2D eigenvalue weighted by Crippen LogP contribution is -2.15. The van der Waals surface area contributed by atoms with Crippen molar-refractivity contribution in [3.8, 4) is 17.0 Å². The van der Waals surface area contributed by atoms with E-state index in [9.17, 15) is 14.0 Å². The van der Waals surface area contributed by atoms with E-state index >= 15 is 0 Å². The summed E-state index contributed by atoms with van der Waals surface area (Å²) in [5, 5.41) is 9.47. The number of carbonyl (C=O) groups excluding carboxylic acids is 2. The molecule has 1 heterocycles. The monoisotopic (exact) mass is 493 g/mol. The molecule has 35 heavy (non-hydrogen) atoms. The Labute approximate surface area is 205 Å². The maximum absolute atomic E-state index is 14.4. The molecule has 4 rings (SSSR count). The number of nitrogens with zero attached hydrogens (tertiary/aromatic N) is 1. The van der Waals surface area contributed by atoms with E-state index in [4.69, 9.17) is 20.9 Å². The number of anilines is 2. The number of rotatable bonds is 7. The molecule has 0 fully saturated rings. The molecule has 0 spiro atoms. The highest BCUT2D eigenvalue weighted by Crippen LogP contribution is 2.33. The van der Waals surface area contributed by atoms with E-state index in [0.29, 0.717) is 29.3 Å². The molecule has 2 amide bonds. The number of aromatic nitrogens is 1. The lowest BCUT2D eigenvalue weighted by molar-refractivity contribution is 0.101. The van der Waals surface area contributed by atoms with Gasteiger partial charge in [-0.05, 0) is 74.5 Å². The fourth-order valence-corrected chi connectivity index (χ4v) is 3.69. The zero-order valence-electron chi connectivity index (χ0n) is 18.9. The topological polar surface area (TPSA) is 93.5 Å². The predicted octanol–water partition coefficient (Wildman–Crippen LogP) is 6.35. The van der Waals surface area contributed by atoms with Crippen molar-refractivity contribution in [2.75, 3.05) is 17.2 Å². The first kappa shape index (κ1) is 24.0. The van der Waals surface area contributed by atoms with E-state index in [2.05, 4.69) is 15.8 Å². The van der Waals surface area contributed by atoms with Gasteiger partial charge in [0.15, 0.2) is 0 Å². The fourth-order valence-electron chi connectivity index (χ4n) is 3.44. The Balaban J connectivity index is 1.47. The molecule has 0 aliphatic heterocycles. The summed E-state index contributed by atoms with van der Waals surface area (Å²) in [7, 11) is 0.